The standard InChI is InChI=1S/C11H10ClFO2/c12-8-3-1-7(2-4-8)11(10(14)15)5-9(13)6-11/h1-4,9H,5-6H2,(H,14,15)/t9-,11-. The Hall–Kier alpha value is -1.09. The minimum atomic E-state index is -1.04. The van der Waals surface area contributed by atoms with Gasteiger partial charge in [0, 0.05) is 5.02 Å². The molecule has 1 aromatic rings. The van der Waals surface area contributed by atoms with Crippen LogP contribution >= 0.6 is 11.6 Å². The van der Waals surface area contributed by atoms with E-state index in [2.05, 4.69) is 0 Å². The number of hydrogen-bond acceptors (Lipinski definition) is 1. The van der Waals surface area contributed by atoms with Crippen LogP contribution < -0.4 is 0 Å². The summed E-state index contributed by atoms with van der Waals surface area (Å²) in [6, 6.07) is 6.57. The lowest BCUT2D eigenvalue weighted by molar-refractivity contribution is -0.150. The fourth-order valence-corrected chi connectivity index (χ4v) is 2.13. The van der Waals surface area contributed by atoms with Gasteiger partial charge in [-0.2, -0.15) is 0 Å². The first-order valence-corrected chi connectivity index (χ1v) is 5.06. The molecule has 80 valence electrons. The zero-order valence-electron chi connectivity index (χ0n) is 7.91. The third-order valence-electron chi connectivity index (χ3n) is 2.95. The lowest BCUT2D eigenvalue weighted by atomic mass is 9.63. The molecule has 0 heterocycles. The van der Waals surface area contributed by atoms with Gasteiger partial charge in [-0.3, -0.25) is 4.79 Å². The Morgan fingerprint density at radius 1 is 1.40 bits per heavy atom. The smallest absolute Gasteiger partial charge is 0.314 e. The van der Waals surface area contributed by atoms with Crippen LogP contribution in [0, 0.1) is 0 Å². The largest absolute Gasteiger partial charge is 0.481 e. The summed E-state index contributed by atoms with van der Waals surface area (Å²) in [5, 5.41) is 9.68. The van der Waals surface area contributed by atoms with Gasteiger partial charge in [0.25, 0.3) is 0 Å². The quantitative estimate of drug-likeness (QED) is 0.845. The van der Waals surface area contributed by atoms with Gasteiger partial charge in [0.2, 0.25) is 0 Å². The van der Waals surface area contributed by atoms with Gasteiger partial charge >= 0.3 is 5.97 Å². The van der Waals surface area contributed by atoms with Crippen LogP contribution in [0.5, 0.6) is 0 Å². The normalized spacial score (nSPS) is 29.6. The molecule has 1 saturated carbocycles. The highest BCUT2D eigenvalue weighted by atomic mass is 35.5. The molecular formula is C11H10ClFO2. The molecule has 0 saturated heterocycles. The number of carboxylic acids is 1. The fourth-order valence-electron chi connectivity index (χ4n) is 2.00. The zero-order valence-corrected chi connectivity index (χ0v) is 8.67. The molecule has 2 rings (SSSR count). The molecule has 0 radical (unpaired) electrons. The van der Waals surface area contributed by atoms with Crippen LogP contribution in [0.25, 0.3) is 0 Å². The summed E-state index contributed by atoms with van der Waals surface area (Å²) in [6.07, 6.45) is -0.884. The highest BCUT2D eigenvalue weighted by Crippen LogP contribution is 2.45. The second-order valence-electron chi connectivity index (χ2n) is 3.90. The van der Waals surface area contributed by atoms with Crippen LogP contribution in [0.3, 0.4) is 0 Å². The number of rotatable bonds is 2. The Morgan fingerprint density at radius 3 is 2.33 bits per heavy atom. The van der Waals surface area contributed by atoms with Crippen LogP contribution in [0.15, 0.2) is 24.3 Å². The summed E-state index contributed by atoms with van der Waals surface area (Å²) in [6.45, 7) is 0. The van der Waals surface area contributed by atoms with Crippen molar-refractivity contribution in [1.29, 1.82) is 0 Å². The molecule has 0 atom stereocenters. The van der Waals surface area contributed by atoms with Gasteiger partial charge in [-0.25, -0.2) is 4.39 Å². The monoisotopic (exact) mass is 228 g/mol. The first-order valence-electron chi connectivity index (χ1n) is 4.68. The Labute approximate surface area is 91.7 Å². The number of alkyl halides is 1. The average molecular weight is 229 g/mol. The van der Waals surface area contributed by atoms with Crippen LogP contribution in [0.2, 0.25) is 5.02 Å². The topological polar surface area (TPSA) is 37.3 Å². The first kappa shape index (κ1) is 10.4. The Bertz CT molecular complexity index is 382. The van der Waals surface area contributed by atoms with Crippen molar-refractivity contribution in [3.05, 3.63) is 34.9 Å². The van der Waals surface area contributed by atoms with Gasteiger partial charge in [0.1, 0.15) is 6.17 Å². The van der Waals surface area contributed by atoms with Crippen molar-refractivity contribution in [2.75, 3.05) is 0 Å². The third kappa shape index (κ3) is 1.61. The molecule has 0 spiro atoms. The molecule has 1 fully saturated rings. The second-order valence-corrected chi connectivity index (χ2v) is 4.34. The van der Waals surface area contributed by atoms with Crippen LogP contribution in [-0.2, 0) is 10.2 Å². The van der Waals surface area contributed by atoms with Gasteiger partial charge in [-0.15, -0.1) is 0 Å². The summed E-state index contributed by atoms with van der Waals surface area (Å²) < 4.78 is 12.8. The summed E-state index contributed by atoms with van der Waals surface area (Å²) in [4.78, 5) is 11.1. The minimum absolute atomic E-state index is 0.0595. The Morgan fingerprint density at radius 2 is 1.93 bits per heavy atom. The lowest BCUT2D eigenvalue weighted by Gasteiger charge is -2.40. The van der Waals surface area contributed by atoms with Crippen molar-refractivity contribution in [2.45, 2.75) is 24.4 Å². The predicted molar refractivity (Wildman–Crippen MR) is 54.9 cm³/mol. The van der Waals surface area contributed by atoms with E-state index in [9.17, 15) is 9.18 Å². The number of halogens is 2. The van der Waals surface area contributed by atoms with E-state index in [1.54, 1.807) is 24.3 Å². The molecule has 0 aliphatic heterocycles. The number of carbonyl (C=O) groups is 1. The highest BCUT2D eigenvalue weighted by molar-refractivity contribution is 6.30. The van der Waals surface area contributed by atoms with Gasteiger partial charge in [-0.05, 0) is 30.5 Å². The molecule has 4 heteroatoms. The number of benzene rings is 1. The third-order valence-corrected chi connectivity index (χ3v) is 3.20. The lowest BCUT2D eigenvalue weighted by Crippen LogP contribution is -2.48. The van der Waals surface area contributed by atoms with E-state index in [-0.39, 0.29) is 12.8 Å². The molecule has 15 heavy (non-hydrogen) atoms. The van der Waals surface area contributed by atoms with E-state index in [1.165, 1.54) is 0 Å². The van der Waals surface area contributed by atoms with Gasteiger partial charge in [-0.1, -0.05) is 23.7 Å². The average Bonchev–Trinajstić information content (AvgIpc) is 2.13. The molecule has 1 aliphatic rings. The molecule has 1 aliphatic carbocycles. The van der Waals surface area contributed by atoms with Gasteiger partial charge < -0.3 is 5.11 Å². The molecule has 0 amide bonds. The zero-order chi connectivity index (χ0) is 11.1. The highest BCUT2D eigenvalue weighted by Gasteiger charge is 2.52. The van der Waals surface area contributed by atoms with Crippen LogP contribution in [0.1, 0.15) is 18.4 Å². The molecule has 1 aromatic carbocycles. The molecule has 0 aromatic heterocycles. The Balaban J connectivity index is 2.34. The molecule has 2 nitrogen and oxygen atoms in total. The fraction of sp³-hybridized carbons (Fsp3) is 0.364. The van der Waals surface area contributed by atoms with E-state index in [0.717, 1.165) is 0 Å². The van der Waals surface area contributed by atoms with Crippen molar-refractivity contribution in [2.24, 2.45) is 0 Å². The van der Waals surface area contributed by atoms with Crippen molar-refractivity contribution in [1.82, 2.24) is 0 Å². The van der Waals surface area contributed by atoms with E-state index in [0.29, 0.717) is 10.6 Å². The van der Waals surface area contributed by atoms with Crippen molar-refractivity contribution < 1.29 is 14.3 Å². The summed E-state index contributed by atoms with van der Waals surface area (Å²) in [5.41, 5.74) is -0.405. The maximum atomic E-state index is 12.8. The second kappa shape index (κ2) is 3.49. The number of hydrogen-bond donors (Lipinski definition) is 1. The van der Waals surface area contributed by atoms with Gasteiger partial charge in [0.05, 0.1) is 5.41 Å². The van der Waals surface area contributed by atoms with Gasteiger partial charge in [0.15, 0.2) is 0 Å². The SMILES string of the molecule is O=C(O)[C@]1(c2ccc(Cl)cc2)C[C@@H](F)C1. The maximum Gasteiger partial charge on any atom is 0.314 e. The van der Waals surface area contributed by atoms with E-state index in [1.807, 2.05) is 0 Å². The predicted octanol–water partition coefficient (Wildman–Crippen LogP) is 2.79. The van der Waals surface area contributed by atoms with Crippen LogP contribution in [0.4, 0.5) is 4.39 Å². The van der Waals surface area contributed by atoms with E-state index in [4.69, 9.17) is 16.7 Å². The van der Waals surface area contributed by atoms with Crippen molar-refractivity contribution >= 4 is 17.6 Å². The van der Waals surface area contributed by atoms with Crippen molar-refractivity contribution in [3.8, 4) is 0 Å². The van der Waals surface area contributed by atoms with Crippen molar-refractivity contribution in [3.63, 3.8) is 0 Å². The molecule has 1 N–H and O–H groups in total. The Kier molecular flexibility index (Phi) is 2.43. The number of carboxylic acid groups (broad SMARTS) is 1. The minimum Gasteiger partial charge on any atom is -0.481 e. The molecule has 0 unspecified atom stereocenters. The molecular weight excluding hydrogens is 219 g/mol. The van der Waals surface area contributed by atoms with E-state index < -0.39 is 17.6 Å². The summed E-state index contributed by atoms with van der Waals surface area (Å²) in [7, 11) is 0. The van der Waals surface area contributed by atoms with E-state index >= 15 is 0 Å². The summed E-state index contributed by atoms with van der Waals surface area (Å²) >= 11 is 5.71. The molecule has 0 bridgehead atoms. The van der Waals surface area contributed by atoms with Crippen LogP contribution in [-0.4, -0.2) is 17.2 Å². The first-order chi connectivity index (χ1) is 7.04. The maximum absolute atomic E-state index is 12.8. The summed E-state index contributed by atoms with van der Waals surface area (Å²) in [5.74, 6) is -0.960. The number of aliphatic carboxylic acids is 1.